The van der Waals surface area contributed by atoms with E-state index < -0.39 is 23.5 Å². The average Bonchev–Trinajstić information content (AvgIpc) is 3.58. The molecule has 0 radical (unpaired) electrons. The summed E-state index contributed by atoms with van der Waals surface area (Å²) in [5.41, 5.74) is 5.34. The second kappa shape index (κ2) is 9.71. The Morgan fingerprint density at radius 3 is 2.54 bits per heavy atom. The van der Waals surface area contributed by atoms with Crippen LogP contribution >= 0.6 is 27.3 Å². The van der Waals surface area contributed by atoms with E-state index in [1.807, 2.05) is 55.6 Å². The quantitative estimate of drug-likeness (QED) is 0.136. The number of benzene rings is 2. The van der Waals surface area contributed by atoms with Gasteiger partial charge in [-0.05, 0) is 90.1 Å². The molecule has 1 saturated heterocycles. The van der Waals surface area contributed by atoms with Crippen molar-refractivity contribution in [3.8, 4) is 11.5 Å². The highest BCUT2D eigenvalue weighted by Gasteiger charge is 2.49. The molecule has 9 nitrogen and oxygen atoms in total. The van der Waals surface area contributed by atoms with E-state index >= 15 is 0 Å². The summed E-state index contributed by atoms with van der Waals surface area (Å²) in [6.45, 7) is 7.62. The molecule has 0 aliphatic carbocycles. The number of phenols is 1. The molecule has 0 saturated carbocycles. The van der Waals surface area contributed by atoms with E-state index in [1.165, 1.54) is 23.3 Å². The lowest BCUT2D eigenvalue weighted by atomic mass is 9.96. The zero-order valence-corrected chi connectivity index (χ0v) is 25.2. The summed E-state index contributed by atoms with van der Waals surface area (Å²) in [6, 6.07) is 9.83. The van der Waals surface area contributed by atoms with Crippen LogP contribution in [0.3, 0.4) is 0 Å². The third-order valence-corrected chi connectivity index (χ3v) is 8.97. The largest absolute Gasteiger partial charge is 0.505 e. The van der Waals surface area contributed by atoms with Crippen LogP contribution in [0.25, 0.3) is 21.6 Å². The Morgan fingerprint density at radius 1 is 1.07 bits per heavy atom. The van der Waals surface area contributed by atoms with E-state index in [0.29, 0.717) is 26.5 Å². The van der Waals surface area contributed by atoms with Gasteiger partial charge in [0.05, 0.1) is 39.1 Å². The Labute approximate surface area is 247 Å². The fourth-order valence-electron chi connectivity index (χ4n) is 5.39. The van der Waals surface area contributed by atoms with Gasteiger partial charge < -0.3 is 19.4 Å². The summed E-state index contributed by atoms with van der Waals surface area (Å²) >= 11 is 4.64. The van der Waals surface area contributed by atoms with Gasteiger partial charge in [0.1, 0.15) is 11.3 Å². The lowest BCUT2D eigenvalue weighted by molar-refractivity contribution is -0.132. The van der Waals surface area contributed by atoms with Gasteiger partial charge in [-0.2, -0.15) is 0 Å². The van der Waals surface area contributed by atoms with Crippen LogP contribution in [0.4, 0.5) is 5.13 Å². The molecule has 0 bridgehead atoms. The monoisotopic (exact) mass is 632 g/mol. The molecule has 4 heterocycles. The Hall–Kier alpha value is -4.22. The Kier molecular flexibility index (Phi) is 6.39. The van der Waals surface area contributed by atoms with E-state index in [9.17, 15) is 19.8 Å². The van der Waals surface area contributed by atoms with Crippen LogP contribution in [0.15, 0.2) is 52.6 Å². The van der Waals surface area contributed by atoms with Gasteiger partial charge in [-0.15, -0.1) is 0 Å². The van der Waals surface area contributed by atoms with Crippen molar-refractivity contribution >= 4 is 65.7 Å². The van der Waals surface area contributed by atoms with Gasteiger partial charge in [0.15, 0.2) is 22.4 Å². The maximum Gasteiger partial charge on any atom is 0.301 e. The van der Waals surface area contributed by atoms with E-state index in [-0.39, 0.29) is 22.8 Å². The van der Waals surface area contributed by atoms with Gasteiger partial charge in [-0.1, -0.05) is 23.5 Å². The van der Waals surface area contributed by atoms with Crippen LogP contribution in [-0.4, -0.2) is 43.4 Å². The van der Waals surface area contributed by atoms with E-state index in [0.717, 1.165) is 26.9 Å². The lowest BCUT2D eigenvalue weighted by Gasteiger charge is -2.23. The standard InChI is InChI=1S/C30H25BrN4O5S/c1-13-9-15(3)22-20(10-13)41-30(33-22)35-24(17-11-18(31)25(36)19(12-17)40-5)21(27(38)29(35)39)26(37)23-16(4)34-8-6-7-14(2)28(34)32-23/h6-12,24,36-37H,1-5H3. The Morgan fingerprint density at radius 2 is 1.83 bits per heavy atom. The number of nitrogens with zero attached hydrogens (tertiary/aromatic N) is 4. The number of methoxy groups -OCH3 is 1. The van der Waals surface area contributed by atoms with Crippen molar-refractivity contribution in [1.82, 2.24) is 14.4 Å². The third-order valence-electron chi connectivity index (χ3n) is 7.36. The SMILES string of the molecule is COc1cc(C2C(=C(O)c3nc4c(C)cccn4c3C)C(=O)C(=O)N2c2nc3c(C)cc(C)cc3s2)cc(Br)c1O. The van der Waals surface area contributed by atoms with Crippen molar-refractivity contribution in [2.45, 2.75) is 33.7 Å². The molecule has 5 aromatic rings. The first-order valence-electron chi connectivity index (χ1n) is 12.7. The fourth-order valence-corrected chi connectivity index (χ4v) is 7.02. The number of hydrogen-bond donors (Lipinski definition) is 2. The van der Waals surface area contributed by atoms with Crippen molar-refractivity contribution in [3.63, 3.8) is 0 Å². The minimum atomic E-state index is -1.08. The molecule has 208 valence electrons. The average molecular weight is 634 g/mol. The molecule has 41 heavy (non-hydrogen) atoms. The number of imidazole rings is 1. The van der Waals surface area contributed by atoms with Gasteiger partial charge in [0, 0.05) is 6.20 Å². The number of halogens is 1. The number of hydrogen-bond acceptors (Lipinski definition) is 8. The summed E-state index contributed by atoms with van der Waals surface area (Å²) in [6.07, 6.45) is 1.82. The van der Waals surface area contributed by atoms with E-state index in [2.05, 4.69) is 20.9 Å². The number of rotatable bonds is 4. The molecule has 1 aliphatic heterocycles. The molecule has 1 aliphatic rings. The number of pyridine rings is 1. The molecule has 6 rings (SSSR count). The number of aliphatic hydroxyl groups excluding tert-OH is 1. The Balaban J connectivity index is 1.64. The minimum Gasteiger partial charge on any atom is -0.505 e. The van der Waals surface area contributed by atoms with Crippen molar-refractivity contribution in [3.05, 3.63) is 86.3 Å². The van der Waals surface area contributed by atoms with E-state index in [1.54, 1.807) is 19.1 Å². The number of Topliss-reactive ketones (excluding diaryl/α,β-unsaturated/α-hetero) is 1. The molecule has 1 atom stereocenters. The normalized spacial score (nSPS) is 16.8. The van der Waals surface area contributed by atoms with Gasteiger partial charge in [0.2, 0.25) is 0 Å². The van der Waals surface area contributed by atoms with Gasteiger partial charge in [-0.3, -0.25) is 14.5 Å². The highest BCUT2D eigenvalue weighted by Crippen LogP contribution is 2.47. The van der Waals surface area contributed by atoms with Crippen molar-refractivity contribution in [1.29, 1.82) is 0 Å². The van der Waals surface area contributed by atoms with Gasteiger partial charge >= 0.3 is 5.91 Å². The molecule has 2 aromatic carbocycles. The smallest absolute Gasteiger partial charge is 0.301 e. The third kappa shape index (κ3) is 4.10. The fraction of sp³-hybridized carbons (Fsp3) is 0.200. The molecule has 3 aromatic heterocycles. The molecule has 1 unspecified atom stereocenters. The summed E-state index contributed by atoms with van der Waals surface area (Å²) in [5.74, 6) is -2.09. The van der Waals surface area contributed by atoms with Crippen molar-refractivity contribution in [2.75, 3.05) is 12.0 Å². The highest BCUT2D eigenvalue weighted by atomic mass is 79.9. The summed E-state index contributed by atoms with van der Waals surface area (Å²) in [5, 5.41) is 22.5. The first-order valence-corrected chi connectivity index (χ1v) is 14.3. The number of ether oxygens (including phenoxy) is 1. The number of carbonyl (C=O) groups is 2. The topological polar surface area (TPSA) is 117 Å². The zero-order valence-electron chi connectivity index (χ0n) is 22.8. The van der Waals surface area contributed by atoms with Crippen LogP contribution in [0.1, 0.15) is 39.7 Å². The number of aryl methyl sites for hydroxylation is 4. The maximum atomic E-state index is 13.8. The highest BCUT2D eigenvalue weighted by molar-refractivity contribution is 9.10. The van der Waals surface area contributed by atoms with Gasteiger partial charge in [-0.25, -0.2) is 9.97 Å². The zero-order chi connectivity index (χ0) is 29.3. The van der Waals surface area contributed by atoms with Crippen molar-refractivity contribution < 1.29 is 24.5 Å². The number of carbonyl (C=O) groups excluding carboxylic acids is 2. The minimum absolute atomic E-state index is 0.133. The summed E-state index contributed by atoms with van der Waals surface area (Å²) < 4.78 is 8.37. The number of anilines is 1. The number of aromatic hydroxyl groups is 1. The number of phenolic OH excluding ortho intramolecular Hbond substituents is 1. The predicted molar refractivity (Wildman–Crippen MR) is 161 cm³/mol. The van der Waals surface area contributed by atoms with Crippen LogP contribution in [0.5, 0.6) is 11.5 Å². The van der Waals surface area contributed by atoms with Crippen molar-refractivity contribution in [2.24, 2.45) is 0 Å². The van der Waals surface area contributed by atoms with Crippen LogP contribution < -0.4 is 9.64 Å². The molecular formula is C30H25BrN4O5S. The van der Waals surface area contributed by atoms with E-state index in [4.69, 9.17) is 9.72 Å². The van der Waals surface area contributed by atoms with Crippen LogP contribution in [-0.2, 0) is 9.59 Å². The van der Waals surface area contributed by atoms with Crippen LogP contribution in [0.2, 0.25) is 0 Å². The molecule has 1 fully saturated rings. The molecule has 1 amide bonds. The first kappa shape index (κ1) is 27.0. The lowest BCUT2D eigenvalue weighted by Crippen LogP contribution is -2.29. The molecule has 11 heteroatoms. The second-order valence-corrected chi connectivity index (χ2v) is 11.9. The number of amides is 1. The summed E-state index contributed by atoms with van der Waals surface area (Å²) in [4.78, 5) is 38.2. The number of aliphatic hydroxyl groups is 1. The number of fused-ring (bicyclic) bond motifs is 2. The number of aromatic nitrogens is 3. The predicted octanol–water partition coefficient (Wildman–Crippen LogP) is 6.28. The number of ketones is 1. The number of thiazole rings is 1. The second-order valence-electron chi connectivity index (χ2n) is 10.1. The Bertz CT molecular complexity index is 1980. The van der Waals surface area contributed by atoms with Crippen LogP contribution in [0, 0.1) is 27.7 Å². The first-order chi connectivity index (χ1) is 19.5. The van der Waals surface area contributed by atoms with Gasteiger partial charge in [0.25, 0.3) is 5.78 Å². The maximum absolute atomic E-state index is 13.8. The molecular weight excluding hydrogens is 608 g/mol. The molecule has 0 spiro atoms. The molecule has 2 N–H and O–H groups in total. The summed E-state index contributed by atoms with van der Waals surface area (Å²) in [7, 11) is 1.41.